The van der Waals surface area contributed by atoms with Crippen molar-refractivity contribution in [3.63, 3.8) is 0 Å². The third kappa shape index (κ3) is 5.98. The third-order valence-electron chi connectivity index (χ3n) is 5.37. The number of aromatic nitrogens is 5. The summed E-state index contributed by atoms with van der Waals surface area (Å²) in [5, 5.41) is 9.48. The molecule has 198 valence electrons. The molecule has 3 heterocycles. The summed E-state index contributed by atoms with van der Waals surface area (Å²) in [6, 6.07) is 8.68. The molecule has 13 heteroatoms. The minimum Gasteiger partial charge on any atom is -0.494 e. The molecule has 0 fully saturated rings. The predicted molar refractivity (Wildman–Crippen MR) is 141 cm³/mol. The van der Waals surface area contributed by atoms with Gasteiger partial charge in [-0.2, -0.15) is 5.10 Å². The van der Waals surface area contributed by atoms with Gasteiger partial charge < -0.3 is 25.8 Å². The van der Waals surface area contributed by atoms with Gasteiger partial charge in [-0.25, -0.2) is 19.3 Å². The first-order valence-electron chi connectivity index (χ1n) is 12.8. The number of ether oxygens (including phenoxy) is 2. The normalized spacial score (nSPS) is 12.4. The van der Waals surface area contributed by atoms with Crippen LogP contribution in [0.4, 0.5) is 21.7 Å². The van der Waals surface area contributed by atoms with Crippen LogP contribution in [-0.4, -0.2) is 44.7 Å². The number of methoxy groups -OCH3 is 1. The molecule has 0 atom stereocenters. The van der Waals surface area contributed by atoms with E-state index in [0.717, 1.165) is 0 Å². The molecule has 0 unspecified atom stereocenters. The summed E-state index contributed by atoms with van der Waals surface area (Å²) >= 11 is 6.11. The number of hydrogen-bond acceptors (Lipinski definition) is 9. The summed E-state index contributed by atoms with van der Waals surface area (Å²) < 4.78 is 49.3. The zero-order valence-electron chi connectivity index (χ0n) is 23.5. The molecule has 0 radical (unpaired) electrons. The van der Waals surface area contributed by atoms with Crippen molar-refractivity contribution in [1.82, 2.24) is 30.0 Å². The van der Waals surface area contributed by atoms with E-state index in [-0.39, 0.29) is 41.3 Å². The average molecular weight is 544 g/mol. The van der Waals surface area contributed by atoms with Crippen LogP contribution in [0, 0.1) is 5.82 Å². The third-order valence-corrected chi connectivity index (χ3v) is 5.58. The van der Waals surface area contributed by atoms with E-state index in [1.165, 1.54) is 31.4 Å². The van der Waals surface area contributed by atoms with Gasteiger partial charge in [-0.3, -0.25) is 9.48 Å². The zero-order valence-corrected chi connectivity index (χ0v) is 21.2. The molecule has 1 amide bonds. The molecule has 1 aromatic carbocycles. The first kappa shape index (κ1) is 22.9. The Kier molecular flexibility index (Phi) is 7.13. The van der Waals surface area contributed by atoms with Gasteiger partial charge in [0.1, 0.15) is 34.6 Å². The number of nitrogens with zero attached hydrogens (tertiary/aromatic N) is 5. The molecule has 0 aliphatic rings. The Bertz CT molecular complexity index is 1570. The molecule has 0 saturated heterocycles. The maximum absolute atomic E-state index is 14.1. The Labute approximate surface area is 227 Å². The second kappa shape index (κ2) is 11.8. The summed E-state index contributed by atoms with van der Waals surface area (Å²) in [4.78, 5) is 25.3. The van der Waals surface area contributed by atoms with E-state index in [4.69, 9.17) is 30.9 Å². The highest BCUT2D eigenvalue weighted by atomic mass is 35.5. The molecule has 0 saturated carbocycles. The molecule has 0 aliphatic carbocycles. The number of amides is 1. The zero-order chi connectivity index (χ0) is 29.7. The highest BCUT2D eigenvalue weighted by molar-refractivity contribution is 6.29. The Balaban J connectivity index is 1.74. The second-order valence-electron chi connectivity index (χ2n) is 7.91. The SMILES string of the molecule is [2H]C([2H])([2H])NC(=O)c1ccc(Cl)nc1Nc1cc(COCc2nc(N)ccc2F)cc(-c2ncn(CC)n2)c1OC. The smallest absolute Gasteiger partial charge is 0.254 e. The van der Waals surface area contributed by atoms with E-state index >= 15 is 0 Å². The number of carbonyl (C=O) groups excluding carboxylic acids is 1. The topological polar surface area (TPSA) is 142 Å². The number of rotatable bonds is 10. The maximum atomic E-state index is 14.1. The van der Waals surface area contributed by atoms with E-state index in [1.54, 1.807) is 23.1 Å². The monoisotopic (exact) mass is 543 g/mol. The largest absolute Gasteiger partial charge is 0.494 e. The summed E-state index contributed by atoms with van der Waals surface area (Å²) in [6.45, 7) is -0.383. The molecule has 0 spiro atoms. The van der Waals surface area contributed by atoms with E-state index in [2.05, 4.69) is 25.4 Å². The Hall–Kier alpha value is -4.29. The van der Waals surface area contributed by atoms with Crippen molar-refractivity contribution in [2.75, 3.05) is 25.1 Å². The minimum absolute atomic E-state index is 0.00540. The highest BCUT2D eigenvalue weighted by Gasteiger charge is 2.20. The number of hydrogen-bond donors (Lipinski definition) is 3. The first-order chi connectivity index (χ1) is 19.5. The summed E-state index contributed by atoms with van der Waals surface area (Å²) in [5.41, 5.74) is 7.03. The van der Waals surface area contributed by atoms with Crippen LogP contribution in [-0.2, 0) is 24.5 Å². The van der Waals surface area contributed by atoms with Crippen LogP contribution in [0.5, 0.6) is 5.75 Å². The van der Waals surface area contributed by atoms with Crippen molar-refractivity contribution in [3.05, 3.63) is 70.5 Å². The van der Waals surface area contributed by atoms with E-state index in [0.29, 0.717) is 34.9 Å². The molecule has 4 N–H and O–H groups in total. The predicted octanol–water partition coefficient (Wildman–Crippen LogP) is 3.96. The lowest BCUT2D eigenvalue weighted by Gasteiger charge is -2.17. The summed E-state index contributed by atoms with van der Waals surface area (Å²) in [5.74, 6) is -0.670. The Morgan fingerprint density at radius 2 is 2.08 bits per heavy atom. The van der Waals surface area contributed by atoms with Gasteiger partial charge in [0.15, 0.2) is 11.6 Å². The van der Waals surface area contributed by atoms with E-state index in [9.17, 15) is 9.18 Å². The maximum Gasteiger partial charge on any atom is 0.254 e. The fraction of sp³-hybridized carbons (Fsp3) is 0.240. The molecule has 4 rings (SSSR count). The number of nitrogen functional groups attached to an aromatic ring is 1. The molecule has 4 aromatic rings. The van der Waals surface area contributed by atoms with Crippen LogP contribution in [0.2, 0.25) is 5.15 Å². The Morgan fingerprint density at radius 1 is 1.24 bits per heavy atom. The number of halogens is 2. The molecule has 3 aromatic heterocycles. The van der Waals surface area contributed by atoms with Crippen LogP contribution in [0.3, 0.4) is 0 Å². The fourth-order valence-electron chi connectivity index (χ4n) is 3.60. The molecular formula is C25H26ClFN8O3. The Morgan fingerprint density at radius 3 is 2.82 bits per heavy atom. The van der Waals surface area contributed by atoms with Crippen LogP contribution in [0.15, 0.2) is 42.7 Å². The van der Waals surface area contributed by atoms with Gasteiger partial charge in [-0.1, -0.05) is 11.6 Å². The van der Waals surface area contributed by atoms with Gasteiger partial charge in [0.2, 0.25) is 0 Å². The quantitative estimate of drug-likeness (QED) is 0.253. The number of nitrogens with two attached hydrogens (primary N) is 1. The summed E-state index contributed by atoms with van der Waals surface area (Å²) in [7, 11) is 1.44. The highest BCUT2D eigenvalue weighted by Crippen LogP contribution is 2.38. The van der Waals surface area contributed by atoms with Gasteiger partial charge in [0, 0.05) is 17.6 Å². The van der Waals surface area contributed by atoms with Crippen molar-refractivity contribution >= 4 is 34.8 Å². The van der Waals surface area contributed by atoms with Crippen LogP contribution < -0.4 is 21.1 Å². The van der Waals surface area contributed by atoms with Gasteiger partial charge in [0.25, 0.3) is 5.91 Å². The van der Waals surface area contributed by atoms with E-state index < -0.39 is 18.7 Å². The number of aryl methyl sites for hydroxylation is 1. The first-order valence-corrected chi connectivity index (χ1v) is 11.7. The van der Waals surface area contributed by atoms with Crippen molar-refractivity contribution in [1.29, 1.82) is 0 Å². The molecule has 38 heavy (non-hydrogen) atoms. The van der Waals surface area contributed by atoms with Gasteiger partial charge >= 0.3 is 0 Å². The minimum atomic E-state index is -2.72. The van der Waals surface area contributed by atoms with Crippen molar-refractivity contribution < 1.29 is 22.8 Å². The number of pyridine rings is 2. The molecule has 0 bridgehead atoms. The average Bonchev–Trinajstić information content (AvgIpc) is 3.39. The van der Waals surface area contributed by atoms with Crippen LogP contribution >= 0.6 is 11.6 Å². The lowest BCUT2D eigenvalue weighted by atomic mass is 10.1. The van der Waals surface area contributed by atoms with E-state index in [1.807, 2.05) is 12.2 Å². The number of carbonyl (C=O) groups is 1. The fourth-order valence-corrected chi connectivity index (χ4v) is 3.75. The number of benzene rings is 1. The molecule has 0 aliphatic heterocycles. The number of nitrogens with one attached hydrogen (secondary N) is 2. The van der Waals surface area contributed by atoms with Crippen molar-refractivity contribution in [3.8, 4) is 17.1 Å². The van der Waals surface area contributed by atoms with Gasteiger partial charge in [-0.15, -0.1) is 0 Å². The lowest BCUT2D eigenvalue weighted by molar-refractivity contribution is 0.0963. The van der Waals surface area contributed by atoms with Gasteiger partial charge in [-0.05, 0) is 48.9 Å². The molecule has 11 nitrogen and oxygen atoms in total. The lowest BCUT2D eigenvalue weighted by Crippen LogP contribution is -2.19. The standard InChI is InChI=1S/C25H26ClFN8O3/c1-4-35-13-30-23(34-35)16-9-14(11-38-12-19-17(27)6-8-21(28)31-19)10-18(22(16)37-3)32-24-15(25(36)29-2)5-7-20(26)33-24/h5-10,13H,4,11-12H2,1-3H3,(H2,28,31)(H,29,36)(H,32,33)/i2D3. The van der Waals surface area contributed by atoms with Gasteiger partial charge in [0.05, 0.1) is 37.1 Å². The van der Waals surface area contributed by atoms with Crippen molar-refractivity contribution in [2.24, 2.45) is 0 Å². The number of anilines is 3. The van der Waals surface area contributed by atoms with Crippen molar-refractivity contribution in [2.45, 2.75) is 26.7 Å². The molecular weight excluding hydrogens is 515 g/mol. The summed E-state index contributed by atoms with van der Waals surface area (Å²) in [6.07, 6.45) is 1.56. The second-order valence-corrected chi connectivity index (χ2v) is 8.30. The van der Waals surface area contributed by atoms with Crippen LogP contribution in [0.25, 0.3) is 11.4 Å². The van der Waals surface area contributed by atoms with Crippen LogP contribution in [0.1, 0.15) is 32.7 Å².